The molecule has 3 aromatic rings. The number of H-pyrrole nitrogens is 1. The molecule has 0 spiro atoms. The summed E-state index contributed by atoms with van der Waals surface area (Å²) < 4.78 is 7.25. The van der Waals surface area contributed by atoms with E-state index in [1.807, 2.05) is 26.0 Å². The number of amides is 1. The zero-order valence-electron chi connectivity index (χ0n) is 16.8. The number of carbonyl (C=O) groups is 1. The Hall–Kier alpha value is -2.36. The van der Waals surface area contributed by atoms with E-state index in [1.54, 1.807) is 10.6 Å². The maximum Gasteiger partial charge on any atom is 0.230 e. The van der Waals surface area contributed by atoms with Gasteiger partial charge in [-0.15, -0.1) is 0 Å². The fraction of sp³-hybridized carbons (Fsp3) is 0.400. The molecule has 0 bridgehead atoms. The van der Waals surface area contributed by atoms with E-state index in [-0.39, 0.29) is 23.3 Å². The highest BCUT2D eigenvalue weighted by molar-refractivity contribution is 7.99. The first-order chi connectivity index (χ1) is 14.4. The summed E-state index contributed by atoms with van der Waals surface area (Å²) in [6, 6.07) is 5.60. The van der Waals surface area contributed by atoms with E-state index < -0.39 is 0 Å². The molecule has 1 amide bonds. The summed E-state index contributed by atoms with van der Waals surface area (Å²) in [7, 11) is 0. The van der Waals surface area contributed by atoms with Gasteiger partial charge in [0.25, 0.3) is 0 Å². The quantitative estimate of drug-likeness (QED) is 0.398. The van der Waals surface area contributed by atoms with Gasteiger partial charge >= 0.3 is 0 Å². The van der Waals surface area contributed by atoms with Crippen molar-refractivity contribution in [1.82, 2.24) is 25.1 Å². The standard InChI is InChI=1S/C20H23ClN6O2S/c1-11-5-6-13(8-15(11)21)27-18(22)17-12(2)25-26-19(17)24-20(27)30-10-16(28)23-9-14-4-3-7-29-14/h5-6,8,14,22H,3-4,7,9-10H2,1-2H3,(H,23,28)(H,25,26)/t14-/m1/s1. The Morgan fingerprint density at radius 2 is 2.30 bits per heavy atom. The fourth-order valence-electron chi connectivity index (χ4n) is 3.40. The number of aryl methyl sites for hydroxylation is 2. The van der Waals surface area contributed by atoms with Crippen molar-refractivity contribution >= 4 is 40.3 Å². The van der Waals surface area contributed by atoms with Gasteiger partial charge in [-0.3, -0.25) is 19.9 Å². The molecule has 0 saturated carbocycles. The molecule has 1 aromatic carbocycles. The second-order valence-electron chi connectivity index (χ2n) is 7.29. The Balaban J connectivity index is 1.63. The summed E-state index contributed by atoms with van der Waals surface area (Å²) in [4.78, 5) is 17.0. The molecular formula is C20H23ClN6O2S. The summed E-state index contributed by atoms with van der Waals surface area (Å²) in [5, 5.41) is 20.5. The Bertz CT molecular complexity index is 1150. The van der Waals surface area contributed by atoms with Gasteiger partial charge in [0.15, 0.2) is 10.8 Å². The molecule has 1 aliphatic heterocycles. The van der Waals surface area contributed by atoms with Gasteiger partial charge in [0, 0.05) is 23.9 Å². The first-order valence-electron chi connectivity index (χ1n) is 9.74. The van der Waals surface area contributed by atoms with Crippen molar-refractivity contribution in [2.45, 2.75) is 37.9 Å². The highest BCUT2D eigenvalue weighted by Crippen LogP contribution is 2.24. The van der Waals surface area contributed by atoms with Crippen LogP contribution in [0.5, 0.6) is 0 Å². The Kier molecular flexibility index (Phi) is 6.12. The molecule has 8 nitrogen and oxygen atoms in total. The Labute approximate surface area is 182 Å². The smallest absolute Gasteiger partial charge is 0.230 e. The van der Waals surface area contributed by atoms with Crippen molar-refractivity contribution in [1.29, 1.82) is 5.41 Å². The zero-order valence-corrected chi connectivity index (χ0v) is 18.4. The topological polar surface area (TPSA) is 109 Å². The average Bonchev–Trinajstić information content (AvgIpc) is 3.37. The average molecular weight is 447 g/mol. The van der Waals surface area contributed by atoms with Crippen LogP contribution in [-0.2, 0) is 9.53 Å². The van der Waals surface area contributed by atoms with Gasteiger partial charge in [-0.05, 0) is 44.4 Å². The van der Waals surface area contributed by atoms with E-state index in [4.69, 9.17) is 21.7 Å². The maximum atomic E-state index is 12.4. The van der Waals surface area contributed by atoms with Crippen LogP contribution in [0.2, 0.25) is 5.02 Å². The predicted molar refractivity (Wildman–Crippen MR) is 116 cm³/mol. The Morgan fingerprint density at radius 1 is 1.47 bits per heavy atom. The molecule has 1 aliphatic rings. The molecular weight excluding hydrogens is 424 g/mol. The lowest BCUT2D eigenvalue weighted by molar-refractivity contribution is -0.119. The van der Waals surface area contributed by atoms with Gasteiger partial charge in [0.05, 0.1) is 22.9 Å². The van der Waals surface area contributed by atoms with Gasteiger partial charge in [-0.2, -0.15) is 5.10 Å². The lowest BCUT2D eigenvalue weighted by atomic mass is 10.2. The molecule has 3 heterocycles. The molecule has 1 saturated heterocycles. The van der Waals surface area contributed by atoms with Crippen molar-refractivity contribution < 1.29 is 9.53 Å². The van der Waals surface area contributed by atoms with Crippen molar-refractivity contribution in [3.8, 4) is 5.69 Å². The summed E-state index contributed by atoms with van der Waals surface area (Å²) in [5.74, 6) is 0.0730. The highest BCUT2D eigenvalue weighted by atomic mass is 35.5. The number of thioether (sulfide) groups is 1. The fourth-order valence-corrected chi connectivity index (χ4v) is 4.41. The number of benzene rings is 1. The van der Waals surface area contributed by atoms with E-state index in [9.17, 15) is 4.79 Å². The largest absolute Gasteiger partial charge is 0.376 e. The SMILES string of the molecule is Cc1ccc(-n2c(SCC(=O)NC[C@H]3CCCO3)nc3n[nH]c(C)c3c2=N)cc1Cl. The van der Waals surface area contributed by atoms with E-state index in [1.165, 1.54) is 11.8 Å². The van der Waals surface area contributed by atoms with E-state index >= 15 is 0 Å². The van der Waals surface area contributed by atoms with Gasteiger partial charge in [-0.1, -0.05) is 29.4 Å². The number of aromatic nitrogens is 4. The van der Waals surface area contributed by atoms with Crippen molar-refractivity contribution in [2.24, 2.45) is 0 Å². The molecule has 3 N–H and O–H groups in total. The number of hydrogen-bond donors (Lipinski definition) is 3. The van der Waals surface area contributed by atoms with Gasteiger partial charge < -0.3 is 10.1 Å². The van der Waals surface area contributed by atoms with Crippen LogP contribution in [0.25, 0.3) is 16.7 Å². The number of fused-ring (bicyclic) bond motifs is 1. The van der Waals surface area contributed by atoms with Crippen LogP contribution in [0.3, 0.4) is 0 Å². The molecule has 10 heteroatoms. The third-order valence-corrected chi connectivity index (χ3v) is 6.42. The van der Waals surface area contributed by atoms with Crippen LogP contribution >= 0.6 is 23.4 Å². The van der Waals surface area contributed by atoms with Crippen LogP contribution in [-0.4, -0.2) is 50.7 Å². The second kappa shape index (κ2) is 8.79. The molecule has 0 radical (unpaired) electrons. The van der Waals surface area contributed by atoms with Crippen LogP contribution in [0, 0.1) is 19.3 Å². The second-order valence-corrected chi connectivity index (χ2v) is 8.64. The van der Waals surface area contributed by atoms with Crippen molar-refractivity contribution in [3.63, 3.8) is 0 Å². The molecule has 0 unspecified atom stereocenters. The van der Waals surface area contributed by atoms with Gasteiger partial charge in [0.1, 0.15) is 5.49 Å². The van der Waals surface area contributed by atoms with Gasteiger partial charge in [0.2, 0.25) is 5.91 Å². The number of nitrogens with zero attached hydrogens (tertiary/aromatic N) is 3. The van der Waals surface area contributed by atoms with E-state index in [0.29, 0.717) is 33.4 Å². The first kappa shape index (κ1) is 20.9. The molecule has 30 heavy (non-hydrogen) atoms. The number of hydrogen-bond acceptors (Lipinski definition) is 6. The van der Waals surface area contributed by atoms with Crippen LogP contribution in [0.15, 0.2) is 23.4 Å². The van der Waals surface area contributed by atoms with E-state index in [0.717, 1.165) is 30.7 Å². The summed E-state index contributed by atoms with van der Waals surface area (Å²) >= 11 is 7.59. The molecule has 0 aliphatic carbocycles. The number of carbonyl (C=O) groups excluding carboxylic acids is 1. The lowest BCUT2D eigenvalue weighted by Crippen LogP contribution is -2.33. The molecule has 158 valence electrons. The molecule has 1 fully saturated rings. The van der Waals surface area contributed by atoms with Crippen LogP contribution in [0.4, 0.5) is 0 Å². The number of ether oxygens (including phenoxy) is 1. The summed E-state index contributed by atoms with van der Waals surface area (Å²) in [6.45, 7) is 5.05. The minimum atomic E-state index is -0.101. The van der Waals surface area contributed by atoms with Crippen molar-refractivity contribution in [2.75, 3.05) is 18.9 Å². The number of nitrogens with one attached hydrogen (secondary N) is 3. The highest BCUT2D eigenvalue weighted by Gasteiger charge is 2.19. The Morgan fingerprint density at radius 3 is 3.03 bits per heavy atom. The molecule has 4 rings (SSSR count). The summed E-state index contributed by atoms with van der Waals surface area (Å²) in [6.07, 6.45) is 2.11. The third kappa shape index (κ3) is 4.23. The third-order valence-electron chi connectivity index (χ3n) is 5.08. The number of halogens is 1. The van der Waals surface area contributed by atoms with Gasteiger partial charge in [-0.25, -0.2) is 4.98 Å². The monoisotopic (exact) mass is 446 g/mol. The van der Waals surface area contributed by atoms with Crippen LogP contribution < -0.4 is 10.8 Å². The molecule has 1 atom stereocenters. The predicted octanol–water partition coefficient (Wildman–Crippen LogP) is 2.89. The minimum Gasteiger partial charge on any atom is -0.376 e. The normalized spacial score (nSPS) is 16.3. The van der Waals surface area contributed by atoms with Crippen LogP contribution in [0.1, 0.15) is 24.1 Å². The first-order valence-corrected chi connectivity index (χ1v) is 11.1. The number of aromatic amines is 1. The summed E-state index contributed by atoms with van der Waals surface area (Å²) in [5.41, 5.74) is 3.12. The zero-order chi connectivity index (χ0) is 21.3. The molecule has 2 aromatic heterocycles. The number of rotatable bonds is 6. The lowest BCUT2D eigenvalue weighted by Gasteiger charge is -2.15. The maximum absolute atomic E-state index is 12.4. The van der Waals surface area contributed by atoms with E-state index in [2.05, 4.69) is 20.5 Å². The minimum absolute atomic E-state index is 0.0972. The van der Waals surface area contributed by atoms with Crippen molar-refractivity contribution in [3.05, 3.63) is 40.0 Å².